The summed E-state index contributed by atoms with van der Waals surface area (Å²) in [4.78, 5) is 14.8. The van der Waals surface area contributed by atoms with Gasteiger partial charge in [-0.25, -0.2) is 0 Å². The lowest BCUT2D eigenvalue weighted by Gasteiger charge is -2.34. The van der Waals surface area contributed by atoms with Gasteiger partial charge in [0, 0.05) is 32.7 Å². The Bertz CT molecular complexity index is 619. The third kappa shape index (κ3) is 3.72. The number of furan rings is 1. The monoisotopic (exact) mass is 301 g/mol. The number of rotatable bonds is 5. The number of nitrogens with zero attached hydrogens (tertiary/aromatic N) is 3. The number of hydrogen-bond acceptors (Lipinski definition) is 5. The second-order valence-corrected chi connectivity index (χ2v) is 5.53. The first-order valence-corrected chi connectivity index (χ1v) is 7.42. The molecule has 1 aromatic carbocycles. The minimum atomic E-state index is -0.499. The Balaban J connectivity index is 1.48. The van der Waals surface area contributed by atoms with Crippen LogP contribution in [0.1, 0.15) is 11.3 Å². The predicted octanol–water partition coefficient (Wildman–Crippen LogP) is 2.51. The van der Waals surface area contributed by atoms with E-state index in [1.807, 2.05) is 6.07 Å². The van der Waals surface area contributed by atoms with E-state index in [9.17, 15) is 10.1 Å². The molecule has 0 bridgehead atoms. The van der Waals surface area contributed by atoms with E-state index in [0.29, 0.717) is 12.3 Å². The quantitative estimate of drug-likeness (QED) is 0.627. The molecule has 2 heterocycles. The van der Waals surface area contributed by atoms with Crippen molar-refractivity contribution >= 4 is 5.88 Å². The molecular formula is C16H19N3O3. The van der Waals surface area contributed by atoms with Gasteiger partial charge < -0.3 is 4.42 Å². The summed E-state index contributed by atoms with van der Waals surface area (Å²) in [6.45, 7) is 5.49. The van der Waals surface area contributed by atoms with E-state index < -0.39 is 4.92 Å². The predicted molar refractivity (Wildman–Crippen MR) is 82.4 cm³/mol. The van der Waals surface area contributed by atoms with E-state index in [-0.39, 0.29) is 5.88 Å². The van der Waals surface area contributed by atoms with Crippen LogP contribution in [-0.4, -0.2) is 40.9 Å². The molecule has 1 saturated heterocycles. The van der Waals surface area contributed by atoms with Gasteiger partial charge in [0.05, 0.1) is 12.6 Å². The standard InChI is InChI=1S/C16H19N3O3/c20-19(21)16-7-6-15(22-16)13-18-10-8-17(9-11-18)12-14-4-2-1-3-5-14/h1-7H,8-13H2. The Morgan fingerprint density at radius 1 is 0.955 bits per heavy atom. The highest BCUT2D eigenvalue weighted by atomic mass is 16.6. The Labute approximate surface area is 129 Å². The lowest BCUT2D eigenvalue weighted by Crippen LogP contribution is -2.45. The van der Waals surface area contributed by atoms with Crippen LogP contribution in [0.2, 0.25) is 0 Å². The van der Waals surface area contributed by atoms with Crippen molar-refractivity contribution in [2.24, 2.45) is 0 Å². The molecule has 22 heavy (non-hydrogen) atoms. The molecule has 0 atom stereocenters. The van der Waals surface area contributed by atoms with Crippen LogP contribution >= 0.6 is 0 Å². The van der Waals surface area contributed by atoms with Crippen molar-refractivity contribution in [3.05, 3.63) is 63.9 Å². The zero-order chi connectivity index (χ0) is 15.4. The molecule has 1 aliphatic heterocycles. The van der Waals surface area contributed by atoms with E-state index in [1.54, 1.807) is 6.07 Å². The smallest absolute Gasteiger partial charge is 0.404 e. The molecule has 0 unspecified atom stereocenters. The minimum absolute atomic E-state index is 0.183. The Morgan fingerprint density at radius 2 is 1.59 bits per heavy atom. The molecule has 3 rings (SSSR count). The number of hydrogen-bond donors (Lipinski definition) is 0. The Kier molecular flexibility index (Phi) is 4.50. The fourth-order valence-electron chi connectivity index (χ4n) is 2.72. The molecular weight excluding hydrogens is 282 g/mol. The van der Waals surface area contributed by atoms with Gasteiger partial charge in [0.1, 0.15) is 10.7 Å². The fourth-order valence-corrected chi connectivity index (χ4v) is 2.72. The summed E-state index contributed by atoms with van der Waals surface area (Å²) in [6.07, 6.45) is 0. The van der Waals surface area contributed by atoms with E-state index in [1.165, 1.54) is 11.6 Å². The molecule has 0 saturated carbocycles. The summed E-state index contributed by atoms with van der Waals surface area (Å²) >= 11 is 0. The maximum absolute atomic E-state index is 10.6. The highest BCUT2D eigenvalue weighted by Crippen LogP contribution is 2.18. The average Bonchev–Trinajstić information content (AvgIpc) is 2.99. The van der Waals surface area contributed by atoms with Crippen LogP contribution in [0.3, 0.4) is 0 Å². The molecule has 6 nitrogen and oxygen atoms in total. The van der Waals surface area contributed by atoms with Crippen molar-refractivity contribution in [3.8, 4) is 0 Å². The summed E-state index contributed by atoms with van der Waals surface area (Å²) in [6, 6.07) is 13.6. The van der Waals surface area contributed by atoms with E-state index in [0.717, 1.165) is 32.7 Å². The van der Waals surface area contributed by atoms with Crippen LogP contribution in [0.4, 0.5) is 5.88 Å². The molecule has 1 aliphatic rings. The van der Waals surface area contributed by atoms with Gasteiger partial charge in [-0.05, 0) is 11.6 Å². The summed E-state index contributed by atoms with van der Waals surface area (Å²) in [5.41, 5.74) is 1.33. The molecule has 1 fully saturated rings. The van der Waals surface area contributed by atoms with Crippen molar-refractivity contribution < 1.29 is 9.34 Å². The molecule has 6 heteroatoms. The van der Waals surface area contributed by atoms with Gasteiger partial charge in [0.25, 0.3) is 0 Å². The van der Waals surface area contributed by atoms with E-state index in [2.05, 4.69) is 34.1 Å². The Hall–Kier alpha value is -2.18. The molecule has 1 aromatic heterocycles. The summed E-state index contributed by atoms with van der Waals surface area (Å²) in [5.74, 6) is 0.473. The zero-order valence-electron chi connectivity index (χ0n) is 12.4. The first-order valence-electron chi connectivity index (χ1n) is 7.42. The summed E-state index contributed by atoms with van der Waals surface area (Å²) in [7, 11) is 0. The highest BCUT2D eigenvalue weighted by Gasteiger charge is 2.19. The van der Waals surface area contributed by atoms with Gasteiger partial charge in [0.2, 0.25) is 0 Å². The van der Waals surface area contributed by atoms with Crippen molar-refractivity contribution in [2.45, 2.75) is 13.1 Å². The molecule has 2 aromatic rings. The largest absolute Gasteiger partial charge is 0.433 e. The third-order valence-corrected chi connectivity index (χ3v) is 3.92. The SMILES string of the molecule is O=[N+]([O-])c1ccc(CN2CCN(Cc3ccccc3)CC2)o1. The van der Waals surface area contributed by atoms with Gasteiger partial charge in [-0.2, -0.15) is 0 Å². The second-order valence-electron chi connectivity index (χ2n) is 5.53. The first kappa shape index (κ1) is 14.7. The fraction of sp³-hybridized carbons (Fsp3) is 0.375. The van der Waals surface area contributed by atoms with Crippen LogP contribution in [0.25, 0.3) is 0 Å². The first-order chi connectivity index (χ1) is 10.7. The van der Waals surface area contributed by atoms with Crippen LogP contribution in [0, 0.1) is 10.1 Å². The molecule has 116 valence electrons. The average molecular weight is 301 g/mol. The van der Waals surface area contributed by atoms with Gasteiger partial charge in [0.15, 0.2) is 0 Å². The summed E-state index contributed by atoms with van der Waals surface area (Å²) < 4.78 is 5.22. The van der Waals surface area contributed by atoms with Gasteiger partial charge in [-0.15, -0.1) is 0 Å². The molecule has 0 N–H and O–H groups in total. The van der Waals surface area contributed by atoms with E-state index >= 15 is 0 Å². The van der Waals surface area contributed by atoms with Crippen LogP contribution in [-0.2, 0) is 13.1 Å². The maximum atomic E-state index is 10.6. The Morgan fingerprint density at radius 3 is 2.18 bits per heavy atom. The molecule has 0 amide bonds. The molecule has 0 spiro atoms. The topological polar surface area (TPSA) is 62.8 Å². The lowest BCUT2D eigenvalue weighted by molar-refractivity contribution is -0.402. The van der Waals surface area contributed by atoms with Gasteiger partial charge in [-0.3, -0.25) is 19.9 Å². The molecule has 0 aliphatic carbocycles. The van der Waals surface area contributed by atoms with Crippen molar-refractivity contribution in [1.29, 1.82) is 0 Å². The second kappa shape index (κ2) is 6.72. The minimum Gasteiger partial charge on any atom is -0.404 e. The van der Waals surface area contributed by atoms with Gasteiger partial charge >= 0.3 is 5.88 Å². The van der Waals surface area contributed by atoms with Crippen molar-refractivity contribution in [3.63, 3.8) is 0 Å². The molecule has 0 radical (unpaired) electrons. The zero-order valence-corrected chi connectivity index (χ0v) is 12.4. The van der Waals surface area contributed by atoms with Crippen LogP contribution in [0.15, 0.2) is 46.9 Å². The number of nitro groups is 1. The van der Waals surface area contributed by atoms with E-state index in [4.69, 9.17) is 4.42 Å². The van der Waals surface area contributed by atoms with Crippen LogP contribution < -0.4 is 0 Å². The summed E-state index contributed by atoms with van der Waals surface area (Å²) in [5, 5.41) is 10.6. The van der Waals surface area contributed by atoms with Crippen LogP contribution in [0.5, 0.6) is 0 Å². The number of piperazine rings is 1. The maximum Gasteiger partial charge on any atom is 0.433 e. The van der Waals surface area contributed by atoms with Crippen molar-refractivity contribution in [2.75, 3.05) is 26.2 Å². The van der Waals surface area contributed by atoms with Gasteiger partial charge in [-0.1, -0.05) is 30.3 Å². The number of benzene rings is 1. The van der Waals surface area contributed by atoms with Crippen molar-refractivity contribution in [1.82, 2.24) is 9.80 Å². The third-order valence-electron chi connectivity index (χ3n) is 3.92. The lowest BCUT2D eigenvalue weighted by atomic mass is 10.2. The highest BCUT2D eigenvalue weighted by molar-refractivity contribution is 5.18. The normalized spacial score (nSPS) is 16.7.